The average molecular weight is 464 g/mol. The Kier molecular flexibility index (Phi) is 7.47. The van der Waals surface area contributed by atoms with E-state index in [1.807, 2.05) is 7.05 Å². The Hall–Kier alpha value is -2.98. The number of amides is 1. The minimum Gasteiger partial charge on any atom is -0.497 e. The summed E-state index contributed by atoms with van der Waals surface area (Å²) >= 11 is 0. The maximum Gasteiger partial charge on any atom is 0.264 e. The van der Waals surface area contributed by atoms with Gasteiger partial charge in [0.2, 0.25) is 5.91 Å². The number of anilines is 1. The van der Waals surface area contributed by atoms with Crippen molar-refractivity contribution in [2.24, 2.45) is 0 Å². The van der Waals surface area contributed by atoms with E-state index in [1.54, 1.807) is 29.2 Å². The lowest BCUT2D eigenvalue weighted by molar-refractivity contribution is -0.131. The zero-order chi connectivity index (χ0) is 23.3. The van der Waals surface area contributed by atoms with Crippen LogP contribution in [0, 0.1) is 0 Å². The Morgan fingerprint density at radius 2 is 1.53 bits per heavy atom. The SMILES string of the molecule is COc1ccc(N(CC(=O)N2CCN(C)CC2)S(=O)(=O)c2ccc(OC)c(OC)c2)cc1. The number of hydrogen-bond donors (Lipinski definition) is 0. The monoisotopic (exact) mass is 463 g/mol. The molecule has 1 amide bonds. The first-order valence-corrected chi connectivity index (χ1v) is 11.6. The number of rotatable bonds is 8. The minimum atomic E-state index is -4.08. The van der Waals surface area contributed by atoms with Crippen molar-refractivity contribution >= 4 is 21.6 Å². The van der Waals surface area contributed by atoms with Gasteiger partial charge < -0.3 is 24.0 Å². The van der Waals surface area contributed by atoms with E-state index in [2.05, 4.69) is 4.90 Å². The van der Waals surface area contributed by atoms with E-state index in [4.69, 9.17) is 14.2 Å². The third kappa shape index (κ3) is 5.08. The van der Waals surface area contributed by atoms with Crippen LogP contribution in [0.5, 0.6) is 17.2 Å². The highest BCUT2D eigenvalue weighted by Crippen LogP contribution is 2.32. The molecule has 0 aliphatic carbocycles. The van der Waals surface area contributed by atoms with Crippen LogP contribution in [0.2, 0.25) is 0 Å². The molecule has 9 nitrogen and oxygen atoms in total. The second-order valence-corrected chi connectivity index (χ2v) is 9.27. The Balaban J connectivity index is 1.98. The molecule has 32 heavy (non-hydrogen) atoms. The number of hydrogen-bond acceptors (Lipinski definition) is 7. The Labute approximate surface area is 189 Å². The highest BCUT2D eigenvalue weighted by Gasteiger charge is 2.30. The molecule has 0 unspecified atom stereocenters. The van der Waals surface area contributed by atoms with E-state index in [0.29, 0.717) is 30.3 Å². The summed E-state index contributed by atoms with van der Waals surface area (Å²) < 4.78 is 44.1. The van der Waals surface area contributed by atoms with E-state index in [0.717, 1.165) is 17.4 Å². The van der Waals surface area contributed by atoms with Gasteiger partial charge in [-0.3, -0.25) is 9.10 Å². The van der Waals surface area contributed by atoms with Gasteiger partial charge in [0.05, 0.1) is 31.9 Å². The number of methoxy groups -OCH3 is 3. The van der Waals surface area contributed by atoms with Gasteiger partial charge in [0.1, 0.15) is 12.3 Å². The van der Waals surface area contributed by atoms with Crippen molar-refractivity contribution in [2.45, 2.75) is 4.90 Å². The molecule has 0 N–H and O–H groups in total. The van der Waals surface area contributed by atoms with E-state index in [-0.39, 0.29) is 23.1 Å². The van der Waals surface area contributed by atoms with Crippen molar-refractivity contribution in [1.29, 1.82) is 0 Å². The van der Waals surface area contributed by atoms with Crippen LogP contribution in [0.3, 0.4) is 0 Å². The smallest absolute Gasteiger partial charge is 0.264 e. The van der Waals surface area contributed by atoms with Crippen LogP contribution < -0.4 is 18.5 Å². The number of benzene rings is 2. The molecule has 0 aromatic heterocycles. The van der Waals surface area contributed by atoms with Gasteiger partial charge in [-0.25, -0.2) is 8.42 Å². The van der Waals surface area contributed by atoms with Crippen molar-refractivity contribution in [2.75, 3.05) is 65.4 Å². The van der Waals surface area contributed by atoms with E-state index < -0.39 is 10.0 Å². The molecule has 10 heteroatoms. The lowest BCUT2D eigenvalue weighted by Crippen LogP contribution is -2.50. The highest BCUT2D eigenvalue weighted by atomic mass is 32.2. The number of sulfonamides is 1. The molecule has 1 heterocycles. The molecule has 1 aliphatic rings. The molecular weight excluding hydrogens is 434 g/mol. The predicted molar refractivity (Wildman–Crippen MR) is 121 cm³/mol. The third-order valence-electron chi connectivity index (χ3n) is 5.44. The van der Waals surface area contributed by atoms with Crippen LogP contribution in [0.1, 0.15) is 0 Å². The predicted octanol–water partition coefficient (Wildman–Crippen LogP) is 1.68. The normalized spacial score (nSPS) is 14.7. The van der Waals surface area contributed by atoms with E-state index >= 15 is 0 Å². The quantitative estimate of drug-likeness (QED) is 0.589. The topological polar surface area (TPSA) is 88.6 Å². The maximum absolute atomic E-state index is 13.6. The standard InChI is InChI=1S/C22H29N3O6S/c1-23-11-13-24(14-12-23)22(26)16-25(17-5-7-18(29-2)8-6-17)32(27,28)19-9-10-20(30-3)21(15-19)31-4/h5-10,15H,11-14,16H2,1-4H3. The largest absolute Gasteiger partial charge is 0.497 e. The summed E-state index contributed by atoms with van der Waals surface area (Å²) in [6.07, 6.45) is 0. The van der Waals surface area contributed by atoms with E-state index in [1.165, 1.54) is 39.5 Å². The molecule has 0 bridgehead atoms. The molecule has 1 aliphatic heterocycles. The number of carbonyl (C=O) groups excluding carboxylic acids is 1. The van der Waals surface area contributed by atoms with Crippen LogP contribution in [0.15, 0.2) is 47.4 Å². The molecule has 2 aromatic carbocycles. The van der Waals surface area contributed by atoms with Gasteiger partial charge in [-0.1, -0.05) is 0 Å². The Morgan fingerprint density at radius 1 is 0.906 bits per heavy atom. The summed E-state index contributed by atoms with van der Waals surface area (Å²) in [5.41, 5.74) is 0.364. The summed E-state index contributed by atoms with van der Waals surface area (Å²) in [5, 5.41) is 0. The lowest BCUT2D eigenvalue weighted by Gasteiger charge is -2.34. The van der Waals surface area contributed by atoms with Crippen LogP contribution >= 0.6 is 0 Å². The van der Waals surface area contributed by atoms with Crippen LogP contribution in [0.4, 0.5) is 5.69 Å². The van der Waals surface area contributed by atoms with Crippen molar-refractivity contribution in [3.8, 4) is 17.2 Å². The molecule has 3 rings (SSSR count). The number of ether oxygens (including phenoxy) is 3. The molecule has 2 aromatic rings. The fraction of sp³-hybridized carbons (Fsp3) is 0.409. The number of piperazine rings is 1. The molecule has 1 fully saturated rings. The summed E-state index contributed by atoms with van der Waals surface area (Å²) in [7, 11) is 2.36. The zero-order valence-electron chi connectivity index (χ0n) is 18.8. The van der Waals surface area contributed by atoms with Gasteiger partial charge in [0.25, 0.3) is 10.0 Å². The summed E-state index contributed by atoms with van der Waals surface area (Å²) in [4.78, 5) is 16.9. The van der Waals surface area contributed by atoms with Gasteiger partial charge in [0, 0.05) is 32.2 Å². The number of carbonyl (C=O) groups is 1. The second kappa shape index (κ2) is 10.1. The van der Waals surface area contributed by atoms with E-state index in [9.17, 15) is 13.2 Å². The fourth-order valence-corrected chi connectivity index (χ4v) is 4.88. The molecular formula is C22H29N3O6S. The first kappa shape index (κ1) is 23.7. The summed E-state index contributed by atoms with van der Waals surface area (Å²) in [5.74, 6) is 1.03. The molecule has 0 radical (unpaired) electrons. The van der Waals surface area contributed by atoms with Crippen LogP contribution in [0.25, 0.3) is 0 Å². The number of nitrogens with zero attached hydrogens (tertiary/aromatic N) is 3. The molecule has 0 spiro atoms. The maximum atomic E-state index is 13.6. The van der Waals surface area contributed by atoms with Gasteiger partial charge >= 0.3 is 0 Å². The highest BCUT2D eigenvalue weighted by molar-refractivity contribution is 7.92. The fourth-order valence-electron chi connectivity index (χ4n) is 3.45. The van der Waals surface area contributed by atoms with Crippen LogP contribution in [-0.2, 0) is 14.8 Å². The minimum absolute atomic E-state index is 0.00264. The second-order valence-electron chi connectivity index (χ2n) is 7.41. The third-order valence-corrected chi connectivity index (χ3v) is 7.21. The van der Waals surface area contributed by atoms with Gasteiger partial charge in [0.15, 0.2) is 11.5 Å². The van der Waals surface area contributed by atoms with Crippen LogP contribution in [-0.4, -0.2) is 85.2 Å². The molecule has 1 saturated heterocycles. The van der Waals surface area contributed by atoms with Crippen molar-refractivity contribution < 1.29 is 27.4 Å². The first-order valence-electron chi connectivity index (χ1n) is 10.1. The Bertz CT molecular complexity index is 1030. The van der Waals surface area contributed by atoms with Gasteiger partial charge in [-0.05, 0) is 43.4 Å². The first-order chi connectivity index (χ1) is 15.3. The lowest BCUT2D eigenvalue weighted by atomic mass is 10.3. The van der Waals surface area contributed by atoms with Gasteiger partial charge in [-0.15, -0.1) is 0 Å². The molecule has 0 atom stereocenters. The molecule has 0 saturated carbocycles. The summed E-state index contributed by atoms with van der Waals surface area (Å²) in [6, 6.07) is 10.9. The summed E-state index contributed by atoms with van der Waals surface area (Å²) in [6.45, 7) is 2.30. The van der Waals surface area contributed by atoms with Crippen molar-refractivity contribution in [3.63, 3.8) is 0 Å². The van der Waals surface area contributed by atoms with Crippen molar-refractivity contribution in [1.82, 2.24) is 9.80 Å². The zero-order valence-corrected chi connectivity index (χ0v) is 19.6. The Morgan fingerprint density at radius 3 is 2.09 bits per heavy atom. The average Bonchev–Trinajstić information content (AvgIpc) is 2.82. The van der Waals surface area contributed by atoms with Crippen molar-refractivity contribution in [3.05, 3.63) is 42.5 Å². The van der Waals surface area contributed by atoms with Gasteiger partial charge in [-0.2, -0.15) is 0 Å². The molecule has 174 valence electrons. The number of likely N-dealkylation sites (N-methyl/N-ethyl adjacent to an activating group) is 1.